The van der Waals surface area contributed by atoms with Crippen molar-refractivity contribution in [3.05, 3.63) is 13.8 Å². The Balaban J connectivity index is -0.000000114. The van der Waals surface area contributed by atoms with Gasteiger partial charge in [0.05, 0.1) is 0 Å². The van der Waals surface area contributed by atoms with E-state index in [4.69, 9.17) is 0 Å². The van der Waals surface area contributed by atoms with Crippen LogP contribution in [0.25, 0.3) is 0 Å². The van der Waals surface area contributed by atoms with Crippen LogP contribution in [-0.2, 0) is 0 Å². The predicted molar refractivity (Wildman–Crippen MR) is 54.4 cm³/mol. The van der Waals surface area contributed by atoms with Crippen LogP contribution in [0.15, 0.2) is 0 Å². The topological polar surface area (TPSA) is 0 Å². The quantitative estimate of drug-likeness (QED) is 0.432. The Morgan fingerprint density at radius 2 is 1.40 bits per heavy atom. The van der Waals surface area contributed by atoms with E-state index in [-0.39, 0.29) is 40.0 Å². The Morgan fingerprint density at radius 1 is 1.10 bits per heavy atom. The zero-order valence-electron chi connectivity index (χ0n) is 6.94. The van der Waals surface area contributed by atoms with Crippen LogP contribution in [-0.4, -0.2) is 23.1 Å². The van der Waals surface area contributed by atoms with Gasteiger partial charge in [0, 0.05) is 0 Å². The van der Waals surface area contributed by atoms with Gasteiger partial charge >= 0.3 is 23.1 Å². The van der Waals surface area contributed by atoms with Gasteiger partial charge in [-0.2, -0.15) is 12.8 Å². The van der Waals surface area contributed by atoms with Crippen LogP contribution in [0.5, 0.6) is 0 Å². The first-order valence-electron chi connectivity index (χ1n) is 3.43. The summed E-state index contributed by atoms with van der Waals surface area (Å²) in [5.74, 6) is 0.796. The normalized spacial score (nSPS) is 15.9. The van der Waals surface area contributed by atoms with Crippen molar-refractivity contribution in [2.45, 2.75) is 32.6 Å². The van der Waals surface area contributed by atoms with E-state index in [1.165, 1.54) is 25.7 Å². The van der Waals surface area contributed by atoms with Crippen LogP contribution in [0.3, 0.4) is 0 Å². The van der Waals surface area contributed by atoms with Gasteiger partial charge in [-0.05, 0) is 0 Å². The minimum atomic E-state index is 0. The largest absolute Gasteiger partial charge is 2.00 e. The van der Waals surface area contributed by atoms with Crippen LogP contribution in [0.1, 0.15) is 32.6 Å². The number of halogens is 1. The Bertz CT molecular complexity index is 42.5. The predicted octanol–water partition coefficient (Wildman–Crippen LogP) is 3.05. The summed E-state index contributed by atoms with van der Waals surface area (Å²) in [6.07, 6.45) is 5.60. The molecule has 0 saturated heterocycles. The van der Waals surface area contributed by atoms with E-state index in [2.05, 4.69) is 13.8 Å². The van der Waals surface area contributed by atoms with Crippen LogP contribution in [0, 0.1) is 19.8 Å². The summed E-state index contributed by atoms with van der Waals surface area (Å²) in [7, 11) is 0. The maximum absolute atomic E-state index is 3.94. The van der Waals surface area contributed by atoms with Crippen molar-refractivity contribution in [2.75, 3.05) is 0 Å². The van der Waals surface area contributed by atoms with Crippen molar-refractivity contribution in [2.24, 2.45) is 5.92 Å². The van der Waals surface area contributed by atoms with Crippen LogP contribution >= 0.6 is 17.0 Å². The molecule has 0 bridgehead atoms. The third-order valence-corrected chi connectivity index (χ3v) is 1.47. The van der Waals surface area contributed by atoms with Crippen LogP contribution < -0.4 is 0 Å². The third kappa shape index (κ3) is 9.25. The molecule has 0 radical (unpaired) electrons. The van der Waals surface area contributed by atoms with E-state index in [9.17, 15) is 0 Å². The van der Waals surface area contributed by atoms with Gasteiger partial charge in [0.15, 0.2) is 0 Å². The van der Waals surface area contributed by atoms with Crippen molar-refractivity contribution in [3.8, 4) is 0 Å². The summed E-state index contributed by atoms with van der Waals surface area (Å²) in [4.78, 5) is 0. The van der Waals surface area contributed by atoms with Gasteiger partial charge in [0.25, 0.3) is 0 Å². The van der Waals surface area contributed by atoms with Crippen molar-refractivity contribution < 1.29 is 0 Å². The van der Waals surface area contributed by atoms with E-state index in [1.54, 1.807) is 6.92 Å². The number of rotatable bonds is 0. The summed E-state index contributed by atoms with van der Waals surface area (Å²) < 4.78 is 0. The van der Waals surface area contributed by atoms with Crippen molar-refractivity contribution in [3.63, 3.8) is 0 Å². The van der Waals surface area contributed by atoms with E-state index in [0.29, 0.717) is 0 Å². The molecule has 0 aliphatic heterocycles. The molecule has 2 heteroatoms. The van der Waals surface area contributed by atoms with E-state index in [0.717, 1.165) is 5.92 Å². The second-order valence-corrected chi connectivity index (χ2v) is 2.15. The average Bonchev–Trinajstić information content (AvgIpc) is 2.24. The standard InChI is InChI=1S/C6H11.C2H5.BrH.Mg/c1-6-4-2-3-5-6;1-2;;/h6H,1-5H2;1H2,2H3;1H;/q2*-1;;+2. The first-order chi connectivity index (χ1) is 3.89. The summed E-state index contributed by atoms with van der Waals surface area (Å²) in [6, 6.07) is 0. The smallest absolute Gasteiger partial charge is 0.346 e. The minimum Gasteiger partial charge on any atom is -0.346 e. The fourth-order valence-corrected chi connectivity index (χ4v) is 1.01. The number of hydrogen-bond acceptors (Lipinski definition) is 0. The fraction of sp³-hybridized carbons (Fsp3) is 0.750. The second kappa shape index (κ2) is 12.9. The molecule has 0 aromatic rings. The van der Waals surface area contributed by atoms with Gasteiger partial charge in [-0.3, -0.25) is 0 Å². The Morgan fingerprint density at radius 3 is 1.50 bits per heavy atom. The molecule has 0 aromatic heterocycles. The molecule has 0 unspecified atom stereocenters. The Kier molecular flexibility index (Phi) is 22.4. The summed E-state index contributed by atoms with van der Waals surface area (Å²) >= 11 is 0. The molecule has 1 saturated carbocycles. The molecule has 10 heavy (non-hydrogen) atoms. The first kappa shape index (κ1) is 17.4. The maximum atomic E-state index is 3.94. The number of hydrogen-bond donors (Lipinski definition) is 0. The fourth-order valence-electron chi connectivity index (χ4n) is 1.01. The molecule has 1 fully saturated rings. The van der Waals surface area contributed by atoms with Crippen molar-refractivity contribution >= 4 is 40.0 Å². The molecule has 1 aliphatic rings. The minimum absolute atomic E-state index is 0. The zero-order valence-corrected chi connectivity index (χ0v) is 10.1. The van der Waals surface area contributed by atoms with Gasteiger partial charge in [-0.15, -0.1) is 17.0 Å². The average molecular weight is 217 g/mol. The summed E-state index contributed by atoms with van der Waals surface area (Å²) in [6.45, 7) is 8.94. The summed E-state index contributed by atoms with van der Waals surface area (Å²) in [5, 5.41) is 0. The Labute approximate surface area is 92.1 Å². The van der Waals surface area contributed by atoms with E-state index < -0.39 is 0 Å². The van der Waals surface area contributed by atoms with E-state index in [1.807, 2.05) is 0 Å². The molecule has 58 valence electrons. The van der Waals surface area contributed by atoms with Crippen LogP contribution in [0.2, 0.25) is 0 Å². The zero-order chi connectivity index (χ0) is 6.41. The second-order valence-electron chi connectivity index (χ2n) is 2.15. The van der Waals surface area contributed by atoms with Crippen molar-refractivity contribution in [1.82, 2.24) is 0 Å². The van der Waals surface area contributed by atoms with Gasteiger partial charge in [0.1, 0.15) is 0 Å². The molecule has 0 nitrogen and oxygen atoms in total. The molecule has 0 N–H and O–H groups in total. The molecule has 0 aromatic carbocycles. The first-order valence-corrected chi connectivity index (χ1v) is 3.43. The molecule has 1 aliphatic carbocycles. The molecular weight excluding hydrogens is 200 g/mol. The molecule has 0 heterocycles. The summed E-state index contributed by atoms with van der Waals surface area (Å²) in [5.41, 5.74) is 0. The van der Waals surface area contributed by atoms with Crippen molar-refractivity contribution in [1.29, 1.82) is 0 Å². The third-order valence-electron chi connectivity index (χ3n) is 1.47. The molecule has 1 rings (SSSR count). The molecule has 0 amide bonds. The van der Waals surface area contributed by atoms with Gasteiger partial charge in [0.2, 0.25) is 0 Å². The molecule has 0 spiro atoms. The van der Waals surface area contributed by atoms with Gasteiger partial charge in [-0.25, -0.2) is 0 Å². The van der Waals surface area contributed by atoms with Gasteiger partial charge < -0.3 is 13.8 Å². The van der Waals surface area contributed by atoms with E-state index >= 15 is 0 Å². The molecular formula is C8H17BrMg. The van der Waals surface area contributed by atoms with Gasteiger partial charge in [-0.1, -0.05) is 25.7 Å². The maximum Gasteiger partial charge on any atom is 2.00 e. The molecule has 0 atom stereocenters. The monoisotopic (exact) mass is 216 g/mol. The Hall–Kier alpha value is 1.25. The van der Waals surface area contributed by atoms with Crippen LogP contribution in [0.4, 0.5) is 0 Å². The SMILES string of the molecule is Br.[CH2-]C.[CH2-]C1CCCC1.[Mg+2].